The Kier molecular flexibility index (Phi) is 6.70. The Morgan fingerprint density at radius 2 is 2.03 bits per heavy atom. The highest BCUT2D eigenvalue weighted by Crippen LogP contribution is 2.37. The van der Waals surface area contributed by atoms with Gasteiger partial charge in [-0.05, 0) is 43.2 Å². The second kappa shape index (κ2) is 9.82. The molecule has 158 valence electrons. The van der Waals surface area contributed by atoms with E-state index in [2.05, 4.69) is 10.3 Å². The molecule has 0 radical (unpaired) electrons. The zero-order valence-corrected chi connectivity index (χ0v) is 17.1. The van der Waals surface area contributed by atoms with Crippen LogP contribution in [-0.4, -0.2) is 55.9 Å². The fourth-order valence-corrected chi connectivity index (χ4v) is 4.02. The second-order valence-electron chi connectivity index (χ2n) is 6.78. The predicted octanol–water partition coefficient (Wildman–Crippen LogP) is 2.46. The molecule has 0 bridgehead atoms. The van der Waals surface area contributed by atoms with Crippen molar-refractivity contribution in [3.63, 3.8) is 0 Å². The summed E-state index contributed by atoms with van der Waals surface area (Å²) in [6.07, 6.45) is 3.57. The first kappa shape index (κ1) is 20.5. The minimum absolute atomic E-state index is 0.0389. The Balaban J connectivity index is 1.35. The third kappa shape index (κ3) is 5.22. The van der Waals surface area contributed by atoms with Crippen molar-refractivity contribution in [3.05, 3.63) is 42.1 Å². The van der Waals surface area contributed by atoms with Crippen molar-refractivity contribution in [2.45, 2.75) is 28.9 Å². The maximum atomic E-state index is 12.5. The zero-order valence-electron chi connectivity index (χ0n) is 16.3. The fraction of sp³-hybridized carbons (Fsp3) is 0.381. The standard InChI is InChI=1S/C21H22N2O6S/c24-19(23-12-14-3-2-8-26-14)13-29-21(25)16-4-1-7-22-20(16)30-15-5-6-17-18(11-15)28-10-9-27-17/h1,4-7,11,14H,2-3,8-10,12-13H2,(H,23,24). The van der Waals surface area contributed by atoms with Crippen molar-refractivity contribution in [2.75, 3.05) is 33.0 Å². The van der Waals surface area contributed by atoms with Crippen molar-refractivity contribution in [1.82, 2.24) is 10.3 Å². The number of carbonyl (C=O) groups excluding carboxylic acids is 2. The van der Waals surface area contributed by atoms with Crippen molar-refractivity contribution in [3.8, 4) is 11.5 Å². The number of rotatable bonds is 7. The van der Waals surface area contributed by atoms with E-state index in [0.717, 1.165) is 24.3 Å². The largest absolute Gasteiger partial charge is 0.486 e. The van der Waals surface area contributed by atoms with E-state index in [1.807, 2.05) is 18.2 Å². The van der Waals surface area contributed by atoms with Crippen LogP contribution in [0.3, 0.4) is 0 Å². The summed E-state index contributed by atoms with van der Waals surface area (Å²) in [6.45, 7) is 1.82. The molecule has 1 saturated heterocycles. The molecular formula is C21H22N2O6S. The Hall–Kier alpha value is -2.78. The van der Waals surface area contributed by atoms with Crippen LogP contribution in [0.4, 0.5) is 0 Å². The molecule has 4 rings (SSSR count). The summed E-state index contributed by atoms with van der Waals surface area (Å²) in [7, 11) is 0. The SMILES string of the molecule is O=C(COC(=O)c1cccnc1Sc1ccc2c(c1)OCCO2)NCC1CCCO1. The van der Waals surface area contributed by atoms with Crippen molar-refractivity contribution in [1.29, 1.82) is 0 Å². The molecule has 2 aromatic rings. The van der Waals surface area contributed by atoms with Crippen LogP contribution >= 0.6 is 11.8 Å². The number of nitrogens with zero attached hydrogens (tertiary/aromatic N) is 1. The van der Waals surface area contributed by atoms with E-state index in [9.17, 15) is 9.59 Å². The Morgan fingerprint density at radius 1 is 1.17 bits per heavy atom. The number of esters is 1. The Bertz CT molecular complexity index is 916. The highest BCUT2D eigenvalue weighted by atomic mass is 32.2. The first-order valence-corrected chi connectivity index (χ1v) is 10.6. The summed E-state index contributed by atoms with van der Waals surface area (Å²) in [5.74, 6) is 0.397. The monoisotopic (exact) mass is 430 g/mol. The molecular weight excluding hydrogens is 408 g/mol. The molecule has 0 aliphatic carbocycles. The van der Waals surface area contributed by atoms with Crippen LogP contribution in [0, 0.1) is 0 Å². The van der Waals surface area contributed by atoms with Gasteiger partial charge in [-0.2, -0.15) is 0 Å². The first-order chi connectivity index (χ1) is 14.7. The molecule has 8 nitrogen and oxygen atoms in total. The number of benzene rings is 1. The van der Waals surface area contributed by atoms with E-state index < -0.39 is 5.97 Å². The minimum atomic E-state index is -0.601. The maximum absolute atomic E-state index is 12.5. The molecule has 1 aromatic carbocycles. The third-order valence-electron chi connectivity index (χ3n) is 4.60. The second-order valence-corrected chi connectivity index (χ2v) is 7.84. The molecule has 1 aromatic heterocycles. The fourth-order valence-electron chi connectivity index (χ4n) is 3.12. The highest BCUT2D eigenvalue weighted by Gasteiger charge is 2.19. The Labute approximate surface area is 178 Å². The molecule has 0 saturated carbocycles. The third-order valence-corrected chi connectivity index (χ3v) is 5.61. The van der Waals surface area contributed by atoms with Gasteiger partial charge in [-0.1, -0.05) is 11.8 Å². The Morgan fingerprint density at radius 3 is 2.87 bits per heavy atom. The summed E-state index contributed by atoms with van der Waals surface area (Å²) in [4.78, 5) is 29.6. The van der Waals surface area contributed by atoms with Crippen molar-refractivity contribution >= 4 is 23.6 Å². The quantitative estimate of drug-likeness (QED) is 0.670. The summed E-state index contributed by atoms with van der Waals surface area (Å²) < 4.78 is 21.8. The van der Waals surface area contributed by atoms with Gasteiger partial charge in [-0.25, -0.2) is 9.78 Å². The van der Waals surface area contributed by atoms with E-state index in [-0.39, 0.29) is 18.6 Å². The number of fused-ring (bicyclic) bond motifs is 1. The molecule has 1 unspecified atom stereocenters. The van der Waals surface area contributed by atoms with Gasteiger partial charge in [-0.3, -0.25) is 4.79 Å². The number of carbonyl (C=O) groups is 2. The van der Waals surface area contributed by atoms with Crippen molar-refractivity contribution in [2.24, 2.45) is 0 Å². The first-order valence-electron chi connectivity index (χ1n) is 9.77. The smallest absolute Gasteiger partial charge is 0.341 e. The van der Waals surface area contributed by atoms with Crippen LogP contribution in [-0.2, 0) is 14.3 Å². The van der Waals surface area contributed by atoms with E-state index in [1.165, 1.54) is 11.8 Å². The molecule has 9 heteroatoms. The summed E-state index contributed by atoms with van der Waals surface area (Å²) >= 11 is 1.31. The number of nitrogens with one attached hydrogen (secondary N) is 1. The van der Waals surface area contributed by atoms with Gasteiger partial charge in [-0.15, -0.1) is 0 Å². The number of pyridine rings is 1. The maximum Gasteiger partial charge on any atom is 0.341 e. The molecule has 0 spiro atoms. The van der Waals surface area contributed by atoms with Gasteiger partial charge < -0.3 is 24.3 Å². The lowest BCUT2D eigenvalue weighted by Crippen LogP contribution is -2.34. The topological polar surface area (TPSA) is 96.0 Å². The van der Waals surface area contributed by atoms with Crippen LogP contribution in [0.1, 0.15) is 23.2 Å². The van der Waals surface area contributed by atoms with Crippen LogP contribution in [0.15, 0.2) is 46.5 Å². The average Bonchev–Trinajstić information content (AvgIpc) is 3.30. The molecule has 1 N–H and O–H groups in total. The number of ether oxygens (including phenoxy) is 4. The summed E-state index contributed by atoms with van der Waals surface area (Å²) in [6, 6.07) is 8.83. The van der Waals surface area contributed by atoms with E-state index in [1.54, 1.807) is 18.3 Å². The van der Waals surface area contributed by atoms with Gasteiger partial charge in [0.2, 0.25) is 0 Å². The molecule has 30 heavy (non-hydrogen) atoms. The van der Waals surface area contributed by atoms with Gasteiger partial charge in [0.15, 0.2) is 18.1 Å². The van der Waals surface area contributed by atoms with Gasteiger partial charge in [0.1, 0.15) is 18.2 Å². The van der Waals surface area contributed by atoms with Gasteiger partial charge in [0.05, 0.1) is 11.7 Å². The highest BCUT2D eigenvalue weighted by molar-refractivity contribution is 7.99. The van der Waals surface area contributed by atoms with Gasteiger partial charge >= 0.3 is 5.97 Å². The minimum Gasteiger partial charge on any atom is -0.486 e. The van der Waals surface area contributed by atoms with Crippen LogP contribution < -0.4 is 14.8 Å². The molecule has 2 aliphatic rings. The van der Waals surface area contributed by atoms with Crippen molar-refractivity contribution < 1.29 is 28.5 Å². The van der Waals surface area contributed by atoms with Gasteiger partial charge in [0.25, 0.3) is 5.91 Å². The number of hydrogen-bond donors (Lipinski definition) is 1. The lowest BCUT2D eigenvalue weighted by atomic mass is 10.2. The van der Waals surface area contributed by atoms with Gasteiger partial charge in [0, 0.05) is 24.2 Å². The lowest BCUT2D eigenvalue weighted by Gasteiger charge is -2.18. The molecule has 3 heterocycles. The van der Waals surface area contributed by atoms with E-state index >= 15 is 0 Å². The predicted molar refractivity (Wildman–Crippen MR) is 108 cm³/mol. The zero-order chi connectivity index (χ0) is 20.8. The number of amides is 1. The average molecular weight is 430 g/mol. The lowest BCUT2D eigenvalue weighted by molar-refractivity contribution is -0.124. The van der Waals surface area contributed by atoms with Crippen LogP contribution in [0.25, 0.3) is 0 Å². The molecule has 1 atom stereocenters. The molecule has 1 amide bonds. The van der Waals surface area contributed by atoms with Crippen LogP contribution in [0.5, 0.6) is 11.5 Å². The van der Waals surface area contributed by atoms with E-state index in [4.69, 9.17) is 18.9 Å². The molecule has 2 aliphatic heterocycles. The molecule has 1 fully saturated rings. The normalized spacial score (nSPS) is 17.4. The summed E-state index contributed by atoms with van der Waals surface area (Å²) in [5.41, 5.74) is 0.296. The van der Waals surface area contributed by atoms with E-state index in [0.29, 0.717) is 41.8 Å². The summed E-state index contributed by atoms with van der Waals surface area (Å²) in [5, 5.41) is 3.21. The van der Waals surface area contributed by atoms with Crippen LogP contribution in [0.2, 0.25) is 0 Å². The number of aromatic nitrogens is 1. The number of hydrogen-bond acceptors (Lipinski definition) is 8.